The van der Waals surface area contributed by atoms with E-state index in [0.717, 1.165) is 0 Å². The quantitative estimate of drug-likeness (QED) is 0.789. The lowest BCUT2D eigenvalue weighted by atomic mass is 10.2. The smallest absolute Gasteiger partial charge is 0.357 e. The number of aromatic nitrogens is 2. The molecule has 92 valence electrons. The summed E-state index contributed by atoms with van der Waals surface area (Å²) >= 11 is 5.92. The van der Waals surface area contributed by atoms with Crippen molar-refractivity contribution in [2.45, 2.75) is 0 Å². The highest BCUT2D eigenvalue weighted by Gasteiger charge is 2.22. The topological polar surface area (TPSA) is 103 Å². The molecule has 1 aromatic carbocycles. The molecule has 1 heterocycles. The molecule has 0 saturated carbocycles. The Balaban J connectivity index is 2.61. The van der Waals surface area contributed by atoms with Crippen molar-refractivity contribution in [3.63, 3.8) is 0 Å². The van der Waals surface area contributed by atoms with Gasteiger partial charge < -0.3 is 15.2 Å². The lowest BCUT2D eigenvalue weighted by Gasteiger charge is -1.98. The van der Waals surface area contributed by atoms with Gasteiger partial charge >= 0.3 is 11.9 Å². The average Bonchev–Trinajstić information content (AvgIpc) is 2.74. The lowest BCUT2D eigenvalue weighted by Crippen LogP contribution is -2.07. The van der Waals surface area contributed by atoms with E-state index < -0.39 is 23.3 Å². The summed E-state index contributed by atoms with van der Waals surface area (Å²) in [5, 5.41) is 18.1. The number of hydrogen-bond donors (Lipinski definition) is 3. The first-order valence-corrected chi connectivity index (χ1v) is 5.20. The SMILES string of the molecule is O=C(O)c1nc(-c2ccccc2Cl)[nH]c1C(=O)O. The van der Waals surface area contributed by atoms with Crippen molar-refractivity contribution in [3.05, 3.63) is 40.7 Å². The molecule has 0 aliphatic heterocycles. The summed E-state index contributed by atoms with van der Waals surface area (Å²) in [5.41, 5.74) is -0.580. The average molecular weight is 267 g/mol. The van der Waals surface area contributed by atoms with Gasteiger partial charge in [-0.15, -0.1) is 0 Å². The number of benzene rings is 1. The maximum atomic E-state index is 10.9. The summed E-state index contributed by atoms with van der Waals surface area (Å²) in [5.74, 6) is -2.70. The molecule has 0 atom stereocenters. The maximum absolute atomic E-state index is 10.9. The van der Waals surface area contributed by atoms with Crippen LogP contribution in [0.1, 0.15) is 21.0 Å². The van der Waals surface area contributed by atoms with Gasteiger partial charge in [-0.25, -0.2) is 14.6 Å². The number of carbonyl (C=O) groups is 2. The molecule has 2 rings (SSSR count). The number of carboxylic acids is 2. The standard InChI is InChI=1S/C11H7ClN2O4/c12-6-4-2-1-3-5(6)9-13-7(10(15)16)8(14-9)11(17)18/h1-4H,(H,13,14)(H,15,16)(H,17,18). The summed E-state index contributed by atoms with van der Waals surface area (Å²) in [6.45, 7) is 0. The molecule has 0 radical (unpaired) electrons. The second kappa shape index (κ2) is 4.50. The van der Waals surface area contributed by atoms with Crippen molar-refractivity contribution >= 4 is 23.5 Å². The Morgan fingerprint density at radius 1 is 1.17 bits per heavy atom. The minimum Gasteiger partial charge on any atom is -0.477 e. The van der Waals surface area contributed by atoms with Crippen LogP contribution in [0, 0.1) is 0 Å². The second-order valence-corrected chi connectivity index (χ2v) is 3.81. The molecule has 0 saturated heterocycles. The van der Waals surface area contributed by atoms with E-state index in [1.165, 1.54) is 0 Å². The van der Waals surface area contributed by atoms with E-state index in [4.69, 9.17) is 21.8 Å². The zero-order valence-corrected chi connectivity index (χ0v) is 9.60. The van der Waals surface area contributed by atoms with Crippen LogP contribution in [0.2, 0.25) is 5.02 Å². The van der Waals surface area contributed by atoms with Crippen molar-refractivity contribution in [2.75, 3.05) is 0 Å². The van der Waals surface area contributed by atoms with Gasteiger partial charge in [-0.3, -0.25) is 0 Å². The van der Waals surface area contributed by atoms with Crippen LogP contribution in [0.3, 0.4) is 0 Å². The Bertz CT molecular complexity index is 604. The normalized spacial score (nSPS) is 10.3. The van der Waals surface area contributed by atoms with E-state index in [2.05, 4.69) is 9.97 Å². The Hall–Kier alpha value is -2.34. The largest absolute Gasteiger partial charge is 0.477 e. The van der Waals surface area contributed by atoms with Crippen LogP contribution in [0.4, 0.5) is 0 Å². The summed E-state index contributed by atoms with van der Waals surface area (Å²) in [7, 11) is 0. The Labute approximate surface area is 106 Å². The minimum absolute atomic E-state index is 0.107. The fourth-order valence-electron chi connectivity index (χ4n) is 1.46. The molecular weight excluding hydrogens is 260 g/mol. The zero-order valence-electron chi connectivity index (χ0n) is 8.85. The number of halogens is 1. The van der Waals surface area contributed by atoms with E-state index in [1.54, 1.807) is 24.3 Å². The lowest BCUT2D eigenvalue weighted by molar-refractivity contribution is 0.0644. The molecule has 0 aliphatic carbocycles. The summed E-state index contributed by atoms with van der Waals surface area (Å²) in [4.78, 5) is 28.0. The fraction of sp³-hybridized carbons (Fsp3) is 0. The predicted molar refractivity (Wildman–Crippen MR) is 63.0 cm³/mol. The minimum atomic E-state index is -1.41. The van der Waals surface area contributed by atoms with Gasteiger partial charge in [0.05, 0.1) is 5.02 Å². The van der Waals surface area contributed by atoms with E-state index in [0.29, 0.717) is 10.6 Å². The van der Waals surface area contributed by atoms with E-state index in [-0.39, 0.29) is 5.82 Å². The first kappa shape index (κ1) is 12.1. The van der Waals surface area contributed by atoms with Crippen LogP contribution in [-0.4, -0.2) is 32.1 Å². The monoisotopic (exact) mass is 266 g/mol. The fourth-order valence-corrected chi connectivity index (χ4v) is 1.69. The maximum Gasteiger partial charge on any atom is 0.357 e. The number of rotatable bonds is 3. The van der Waals surface area contributed by atoms with Gasteiger partial charge in [-0.1, -0.05) is 23.7 Å². The van der Waals surface area contributed by atoms with Crippen LogP contribution < -0.4 is 0 Å². The Kier molecular flexibility index (Phi) is 3.03. The molecule has 6 nitrogen and oxygen atoms in total. The molecule has 1 aromatic heterocycles. The number of aromatic carboxylic acids is 2. The molecule has 0 aliphatic rings. The van der Waals surface area contributed by atoms with Crippen LogP contribution in [0.5, 0.6) is 0 Å². The molecule has 2 aromatic rings. The third-order valence-corrected chi connectivity index (χ3v) is 2.58. The van der Waals surface area contributed by atoms with Crippen LogP contribution in [0.15, 0.2) is 24.3 Å². The molecule has 0 spiro atoms. The van der Waals surface area contributed by atoms with Crippen molar-refractivity contribution in [3.8, 4) is 11.4 Å². The van der Waals surface area contributed by atoms with Crippen molar-refractivity contribution < 1.29 is 19.8 Å². The van der Waals surface area contributed by atoms with Crippen LogP contribution >= 0.6 is 11.6 Å². The molecular formula is C11H7ClN2O4. The first-order valence-electron chi connectivity index (χ1n) is 4.82. The number of nitrogens with zero attached hydrogens (tertiary/aromatic N) is 1. The summed E-state index contributed by atoms with van der Waals surface area (Å²) in [6, 6.07) is 6.59. The van der Waals surface area contributed by atoms with Gasteiger partial charge in [0.25, 0.3) is 0 Å². The highest BCUT2D eigenvalue weighted by atomic mass is 35.5. The molecule has 0 unspecified atom stereocenters. The van der Waals surface area contributed by atoms with Crippen molar-refractivity contribution in [1.29, 1.82) is 0 Å². The van der Waals surface area contributed by atoms with Crippen molar-refractivity contribution in [2.24, 2.45) is 0 Å². The number of imidazole rings is 1. The van der Waals surface area contributed by atoms with Crippen LogP contribution in [0.25, 0.3) is 11.4 Å². The molecule has 0 bridgehead atoms. The van der Waals surface area contributed by atoms with Gasteiger partial charge in [0.15, 0.2) is 11.4 Å². The third kappa shape index (κ3) is 2.05. The molecule has 7 heteroatoms. The molecule has 18 heavy (non-hydrogen) atoms. The highest BCUT2D eigenvalue weighted by Crippen LogP contribution is 2.26. The van der Waals surface area contributed by atoms with Crippen LogP contribution in [-0.2, 0) is 0 Å². The molecule has 0 fully saturated rings. The predicted octanol–water partition coefficient (Wildman–Crippen LogP) is 2.13. The molecule has 3 N–H and O–H groups in total. The number of carboxylic acid groups (broad SMARTS) is 2. The van der Waals surface area contributed by atoms with Crippen molar-refractivity contribution in [1.82, 2.24) is 9.97 Å². The summed E-state index contributed by atoms with van der Waals surface area (Å²) < 4.78 is 0. The van der Waals surface area contributed by atoms with Gasteiger partial charge in [0.2, 0.25) is 0 Å². The van der Waals surface area contributed by atoms with Gasteiger partial charge in [0.1, 0.15) is 5.82 Å². The number of aromatic amines is 1. The summed E-state index contributed by atoms with van der Waals surface area (Å²) in [6.07, 6.45) is 0. The number of hydrogen-bond acceptors (Lipinski definition) is 3. The number of H-pyrrole nitrogens is 1. The Morgan fingerprint density at radius 2 is 1.83 bits per heavy atom. The van der Waals surface area contributed by atoms with E-state index in [1.807, 2.05) is 0 Å². The van der Waals surface area contributed by atoms with Gasteiger partial charge in [-0.2, -0.15) is 0 Å². The first-order chi connectivity index (χ1) is 8.50. The highest BCUT2D eigenvalue weighted by molar-refractivity contribution is 6.33. The van der Waals surface area contributed by atoms with E-state index in [9.17, 15) is 9.59 Å². The Morgan fingerprint density at radius 3 is 2.33 bits per heavy atom. The van der Waals surface area contributed by atoms with Gasteiger partial charge in [-0.05, 0) is 12.1 Å². The molecule has 0 amide bonds. The number of nitrogens with one attached hydrogen (secondary N) is 1. The van der Waals surface area contributed by atoms with Gasteiger partial charge in [0, 0.05) is 5.56 Å². The van der Waals surface area contributed by atoms with E-state index >= 15 is 0 Å². The zero-order chi connectivity index (χ0) is 13.3. The third-order valence-electron chi connectivity index (χ3n) is 2.25. The second-order valence-electron chi connectivity index (χ2n) is 3.40.